The largest absolute Gasteiger partial charge is 0.464 e. The Morgan fingerprint density at radius 2 is 1.95 bits per heavy atom. The summed E-state index contributed by atoms with van der Waals surface area (Å²) >= 11 is 5.55. The van der Waals surface area contributed by atoms with E-state index in [4.69, 9.17) is 17.3 Å². The van der Waals surface area contributed by atoms with E-state index in [2.05, 4.69) is 4.74 Å². The molecule has 0 amide bonds. The van der Waals surface area contributed by atoms with Gasteiger partial charge in [-0.3, -0.25) is 0 Å². The molecule has 1 rings (SSSR count). The van der Waals surface area contributed by atoms with E-state index in [0.717, 1.165) is 6.07 Å². The van der Waals surface area contributed by atoms with Crippen LogP contribution in [0.2, 0.25) is 5.02 Å². The summed E-state index contributed by atoms with van der Waals surface area (Å²) in [5.41, 5.74) is 4.15. The van der Waals surface area contributed by atoms with Crippen LogP contribution in [0.3, 0.4) is 0 Å². The SMILES string of the molecule is CCOC(=O)C(F)[C@H](N)c1cc(Cl)cc(C(F)(F)F)c1.Cl. The first-order valence-electron chi connectivity index (χ1n) is 5.60. The van der Waals surface area contributed by atoms with E-state index in [9.17, 15) is 22.4 Å². The van der Waals surface area contributed by atoms with Crippen LogP contribution < -0.4 is 5.73 Å². The number of hydrogen-bond acceptors (Lipinski definition) is 3. The summed E-state index contributed by atoms with van der Waals surface area (Å²) in [6, 6.07) is 0.833. The van der Waals surface area contributed by atoms with Crippen molar-refractivity contribution in [2.75, 3.05) is 6.61 Å². The average Bonchev–Trinajstić information content (AvgIpc) is 2.35. The Morgan fingerprint density at radius 1 is 1.38 bits per heavy atom. The lowest BCUT2D eigenvalue weighted by molar-refractivity contribution is -0.149. The highest BCUT2D eigenvalue weighted by Gasteiger charge is 2.33. The number of ether oxygens (including phenoxy) is 1. The Balaban J connectivity index is 0.00000400. The molecular weight excluding hydrogens is 337 g/mol. The minimum Gasteiger partial charge on any atom is -0.464 e. The highest BCUT2D eigenvalue weighted by Crippen LogP contribution is 2.33. The van der Waals surface area contributed by atoms with Gasteiger partial charge in [0, 0.05) is 5.02 Å². The van der Waals surface area contributed by atoms with E-state index in [1.54, 1.807) is 0 Å². The molecule has 0 heterocycles. The zero-order chi connectivity index (χ0) is 15.5. The van der Waals surface area contributed by atoms with Gasteiger partial charge in [0.05, 0.1) is 18.2 Å². The van der Waals surface area contributed by atoms with Crippen LogP contribution in [0, 0.1) is 0 Å². The average molecular weight is 350 g/mol. The number of rotatable bonds is 4. The van der Waals surface area contributed by atoms with Gasteiger partial charge in [-0.15, -0.1) is 12.4 Å². The summed E-state index contributed by atoms with van der Waals surface area (Å²) in [4.78, 5) is 11.2. The molecule has 3 nitrogen and oxygen atoms in total. The molecule has 2 N–H and O–H groups in total. The number of benzene rings is 1. The van der Waals surface area contributed by atoms with Crippen molar-refractivity contribution in [1.29, 1.82) is 0 Å². The van der Waals surface area contributed by atoms with E-state index in [1.807, 2.05) is 0 Å². The smallest absolute Gasteiger partial charge is 0.416 e. The van der Waals surface area contributed by atoms with Gasteiger partial charge in [-0.1, -0.05) is 11.6 Å². The summed E-state index contributed by atoms with van der Waals surface area (Å²) in [5.74, 6) is -1.23. The summed E-state index contributed by atoms with van der Waals surface area (Å²) < 4.78 is 55.9. The Labute approximate surface area is 129 Å². The lowest BCUT2D eigenvalue weighted by Crippen LogP contribution is -2.31. The van der Waals surface area contributed by atoms with Crippen LogP contribution >= 0.6 is 24.0 Å². The van der Waals surface area contributed by atoms with E-state index < -0.39 is 29.9 Å². The standard InChI is InChI=1S/C12H12ClF4NO2.ClH/c1-2-20-11(19)9(14)10(18)6-3-7(12(15,16)17)5-8(13)4-6;/h3-5,9-10H,2,18H2,1H3;1H/t9?,10-;/m1./s1. The summed E-state index contributed by atoms with van der Waals surface area (Å²) in [6.07, 6.45) is -6.91. The van der Waals surface area contributed by atoms with Crippen LogP contribution in [0.1, 0.15) is 24.1 Å². The van der Waals surface area contributed by atoms with Gasteiger partial charge >= 0.3 is 12.1 Å². The zero-order valence-corrected chi connectivity index (χ0v) is 12.4. The monoisotopic (exact) mass is 349 g/mol. The van der Waals surface area contributed by atoms with Crippen LogP contribution in [0.15, 0.2) is 18.2 Å². The molecule has 0 radical (unpaired) electrons. The Morgan fingerprint density at radius 3 is 2.43 bits per heavy atom. The molecule has 2 atom stereocenters. The number of halogens is 6. The Hall–Kier alpha value is -1.05. The van der Waals surface area contributed by atoms with Gasteiger partial charge in [0.2, 0.25) is 6.17 Å². The van der Waals surface area contributed by atoms with Crippen LogP contribution in [0.4, 0.5) is 17.6 Å². The molecule has 0 bridgehead atoms. The number of esters is 1. The number of hydrogen-bond donors (Lipinski definition) is 1. The predicted molar refractivity (Wildman–Crippen MR) is 72.2 cm³/mol. The number of alkyl halides is 4. The van der Waals surface area contributed by atoms with Crippen molar-refractivity contribution in [3.05, 3.63) is 34.3 Å². The molecule has 9 heteroatoms. The molecule has 21 heavy (non-hydrogen) atoms. The third-order valence-electron chi connectivity index (χ3n) is 2.46. The second-order valence-electron chi connectivity index (χ2n) is 3.95. The lowest BCUT2D eigenvalue weighted by Gasteiger charge is -2.17. The van der Waals surface area contributed by atoms with E-state index in [1.165, 1.54) is 6.92 Å². The van der Waals surface area contributed by atoms with Crippen molar-refractivity contribution in [3.8, 4) is 0 Å². The quantitative estimate of drug-likeness (QED) is 0.666. The third kappa shape index (κ3) is 5.33. The Kier molecular flexibility index (Phi) is 7.43. The molecule has 0 aromatic heterocycles. The van der Waals surface area contributed by atoms with Crippen LogP contribution in [-0.2, 0) is 15.7 Å². The van der Waals surface area contributed by atoms with E-state index in [-0.39, 0.29) is 29.6 Å². The molecule has 0 fully saturated rings. The van der Waals surface area contributed by atoms with Crippen molar-refractivity contribution < 1.29 is 27.1 Å². The van der Waals surface area contributed by atoms with Crippen molar-refractivity contribution in [3.63, 3.8) is 0 Å². The highest BCUT2D eigenvalue weighted by molar-refractivity contribution is 6.30. The van der Waals surface area contributed by atoms with Gasteiger partial charge in [-0.25, -0.2) is 9.18 Å². The first kappa shape index (κ1) is 19.9. The summed E-state index contributed by atoms with van der Waals surface area (Å²) in [5, 5.41) is -0.249. The van der Waals surface area contributed by atoms with Gasteiger partial charge in [0.25, 0.3) is 0 Å². The van der Waals surface area contributed by atoms with Gasteiger partial charge in [0.15, 0.2) is 0 Å². The van der Waals surface area contributed by atoms with Crippen molar-refractivity contribution in [2.24, 2.45) is 5.73 Å². The molecule has 0 saturated carbocycles. The van der Waals surface area contributed by atoms with Crippen molar-refractivity contribution in [1.82, 2.24) is 0 Å². The molecule has 0 aliphatic carbocycles. The minimum absolute atomic E-state index is 0. The summed E-state index contributed by atoms with van der Waals surface area (Å²) in [6.45, 7) is 1.41. The number of nitrogens with two attached hydrogens (primary N) is 1. The molecule has 0 saturated heterocycles. The van der Waals surface area contributed by atoms with Crippen molar-refractivity contribution >= 4 is 30.0 Å². The first-order valence-corrected chi connectivity index (χ1v) is 5.98. The molecule has 1 aromatic carbocycles. The van der Waals surface area contributed by atoms with Crippen molar-refractivity contribution in [2.45, 2.75) is 25.3 Å². The van der Waals surface area contributed by atoms with E-state index in [0.29, 0.717) is 12.1 Å². The molecule has 0 spiro atoms. The van der Waals surface area contributed by atoms with E-state index >= 15 is 0 Å². The predicted octanol–water partition coefficient (Wildman–Crippen LogP) is 3.68. The topological polar surface area (TPSA) is 52.3 Å². The molecule has 1 aromatic rings. The van der Waals surface area contributed by atoms with Gasteiger partial charge in [0.1, 0.15) is 0 Å². The fraction of sp³-hybridized carbons (Fsp3) is 0.417. The fourth-order valence-corrected chi connectivity index (χ4v) is 1.75. The summed E-state index contributed by atoms with van der Waals surface area (Å²) in [7, 11) is 0. The molecule has 120 valence electrons. The maximum atomic E-state index is 13.7. The molecular formula is C12H13Cl2F4NO2. The van der Waals surface area contributed by atoms with Crippen LogP contribution in [0.5, 0.6) is 0 Å². The maximum absolute atomic E-state index is 13.7. The van der Waals surface area contributed by atoms with Gasteiger partial charge < -0.3 is 10.5 Å². The second kappa shape index (κ2) is 7.82. The van der Waals surface area contributed by atoms with Crippen LogP contribution in [-0.4, -0.2) is 18.7 Å². The normalized spacial score (nSPS) is 14.0. The number of carbonyl (C=O) groups is 1. The van der Waals surface area contributed by atoms with Gasteiger partial charge in [-0.2, -0.15) is 13.2 Å². The molecule has 0 aliphatic heterocycles. The Bertz CT molecular complexity index is 497. The van der Waals surface area contributed by atoms with Gasteiger partial charge in [-0.05, 0) is 30.7 Å². The lowest BCUT2D eigenvalue weighted by atomic mass is 10.0. The minimum atomic E-state index is -4.64. The first-order chi connectivity index (χ1) is 9.16. The zero-order valence-electron chi connectivity index (χ0n) is 10.8. The van der Waals surface area contributed by atoms with Crippen LogP contribution in [0.25, 0.3) is 0 Å². The fourth-order valence-electron chi connectivity index (χ4n) is 1.51. The molecule has 0 aliphatic rings. The number of carbonyl (C=O) groups excluding carboxylic acids is 1. The molecule has 1 unspecified atom stereocenters. The second-order valence-corrected chi connectivity index (χ2v) is 4.39. The highest BCUT2D eigenvalue weighted by atomic mass is 35.5. The maximum Gasteiger partial charge on any atom is 0.416 e. The third-order valence-corrected chi connectivity index (χ3v) is 2.68.